The molecule has 0 unspecified atom stereocenters. The maximum Gasteiger partial charge on any atom is 0.270 e. The molecule has 1 aliphatic heterocycles. The van der Waals surface area contributed by atoms with E-state index in [1.54, 1.807) is 48.5 Å². The summed E-state index contributed by atoms with van der Waals surface area (Å²) in [5.41, 5.74) is 6.46. The number of primary amides is 1. The van der Waals surface area contributed by atoms with Crippen molar-refractivity contribution in [1.29, 1.82) is 0 Å². The van der Waals surface area contributed by atoms with Gasteiger partial charge in [-0.25, -0.2) is 0 Å². The van der Waals surface area contributed by atoms with Gasteiger partial charge in [0.1, 0.15) is 5.75 Å². The predicted octanol–water partition coefficient (Wildman–Crippen LogP) is 4.37. The summed E-state index contributed by atoms with van der Waals surface area (Å²) in [6.45, 7) is -0.187. The van der Waals surface area contributed by atoms with Gasteiger partial charge in [0, 0.05) is 4.47 Å². The zero-order chi connectivity index (χ0) is 19.6. The molecule has 0 radical (unpaired) electrons. The highest BCUT2D eigenvalue weighted by Gasteiger charge is 2.33. The molecule has 0 bridgehead atoms. The molecule has 9 heteroatoms. The van der Waals surface area contributed by atoms with Crippen LogP contribution in [0.25, 0.3) is 6.08 Å². The fourth-order valence-electron chi connectivity index (χ4n) is 2.28. The zero-order valence-corrected chi connectivity index (χ0v) is 17.6. The number of carbonyl (C=O) groups excluding carboxylic acids is 2. The number of amides is 2. The van der Waals surface area contributed by atoms with Crippen LogP contribution in [-0.2, 0) is 9.59 Å². The van der Waals surface area contributed by atoms with Gasteiger partial charge in [0.2, 0.25) is 0 Å². The van der Waals surface area contributed by atoms with Crippen LogP contribution in [-0.4, -0.2) is 22.7 Å². The molecule has 2 aromatic carbocycles. The third kappa shape index (κ3) is 4.70. The Morgan fingerprint density at radius 2 is 2.00 bits per heavy atom. The average Bonchev–Trinajstić information content (AvgIpc) is 2.90. The maximum absolute atomic E-state index is 12.8. The molecule has 5 nitrogen and oxygen atoms in total. The molecule has 3 rings (SSSR count). The highest BCUT2D eigenvalue weighted by Crippen LogP contribution is 2.38. The fourth-order valence-corrected chi connectivity index (χ4v) is 4.00. The Bertz CT molecular complexity index is 964. The van der Waals surface area contributed by atoms with E-state index in [1.807, 2.05) is 0 Å². The largest absolute Gasteiger partial charge is 0.484 e. The monoisotopic (exact) mass is 482 g/mol. The summed E-state index contributed by atoms with van der Waals surface area (Å²) in [6.07, 6.45) is 1.75. The average molecular weight is 484 g/mol. The van der Waals surface area contributed by atoms with E-state index in [0.29, 0.717) is 25.7 Å². The first-order valence-corrected chi connectivity index (χ1v) is 9.99. The molecule has 2 N–H and O–H groups in total. The predicted molar refractivity (Wildman–Crippen MR) is 116 cm³/mol. The van der Waals surface area contributed by atoms with Gasteiger partial charge in [0.25, 0.3) is 11.8 Å². The van der Waals surface area contributed by atoms with Crippen molar-refractivity contribution in [3.8, 4) is 5.75 Å². The number of hydrogen-bond donors (Lipinski definition) is 1. The van der Waals surface area contributed by atoms with Gasteiger partial charge in [0.05, 0.1) is 15.6 Å². The fraction of sp³-hybridized carbons (Fsp3) is 0.0556. The van der Waals surface area contributed by atoms with Gasteiger partial charge in [0.15, 0.2) is 10.9 Å². The van der Waals surface area contributed by atoms with Crippen LogP contribution in [0.5, 0.6) is 5.75 Å². The second-order valence-electron chi connectivity index (χ2n) is 5.44. The minimum atomic E-state index is -0.546. The quantitative estimate of drug-likeness (QED) is 0.505. The van der Waals surface area contributed by atoms with Crippen LogP contribution in [0.15, 0.2) is 51.8 Å². The molecule has 0 atom stereocenters. The lowest BCUT2D eigenvalue weighted by Crippen LogP contribution is -2.27. The van der Waals surface area contributed by atoms with Crippen molar-refractivity contribution < 1.29 is 14.3 Å². The number of carbonyl (C=O) groups is 2. The molecule has 0 spiro atoms. The number of ether oxygens (including phenoxy) is 1. The van der Waals surface area contributed by atoms with Crippen LogP contribution in [0.3, 0.4) is 0 Å². The molecular formula is C18H12BrClN2O3S2. The van der Waals surface area contributed by atoms with Gasteiger partial charge in [-0.1, -0.05) is 47.7 Å². The van der Waals surface area contributed by atoms with Gasteiger partial charge >= 0.3 is 0 Å². The van der Waals surface area contributed by atoms with Crippen molar-refractivity contribution in [3.63, 3.8) is 0 Å². The van der Waals surface area contributed by atoms with E-state index in [1.165, 1.54) is 16.7 Å². The highest BCUT2D eigenvalue weighted by molar-refractivity contribution is 9.10. The topological polar surface area (TPSA) is 72.6 Å². The van der Waals surface area contributed by atoms with Crippen LogP contribution < -0.4 is 15.4 Å². The number of rotatable bonds is 5. The van der Waals surface area contributed by atoms with Gasteiger partial charge in [-0.05, 0) is 57.9 Å². The molecule has 2 aromatic rings. The smallest absolute Gasteiger partial charge is 0.270 e. The zero-order valence-electron chi connectivity index (χ0n) is 13.6. The SMILES string of the molecule is NC(=O)COc1ccc(/C=C2\SC(=S)N(c3ccc(Br)c(Cl)c3)C2=O)cc1. The number of anilines is 1. The summed E-state index contributed by atoms with van der Waals surface area (Å²) < 4.78 is 6.39. The number of benzene rings is 2. The Hall–Kier alpha value is -1.87. The molecule has 1 saturated heterocycles. The number of nitrogens with zero attached hydrogens (tertiary/aromatic N) is 1. The van der Waals surface area contributed by atoms with Crippen LogP contribution in [0.2, 0.25) is 5.02 Å². The lowest BCUT2D eigenvalue weighted by Gasteiger charge is -2.15. The standard InChI is InChI=1S/C18H12BrClN2O3S2/c19-13-6-3-11(8-14(13)20)22-17(24)15(27-18(22)26)7-10-1-4-12(5-2-10)25-9-16(21)23/h1-8H,9H2,(H2,21,23)/b15-7-. The van der Waals surface area contributed by atoms with Crippen LogP contribution >= 0.6 is 51.5 Å². The number of thioether (sulfide) groups is 1. The second kappa shape index (κ2) is 8.43. The van der Waals surface area contributed by atoms with Crippen LogP contribution in [0.1, 0.15) is 5.56 Å². The minimum Gasteiger partial charge on any atom is -0.484 e. The molecule has 1 fully saturated rings. The van der Waals surface area contributed by atoms with E-state index < -0.39 is 5.91 Å². The molecule has 0 saturated carbocycles. The summed E-state index contributed by atoms with van der Waals surface area (Å²) in [4.78, 5) is 25.5. The molecule has 0 aromatic heterocycles. The summed E-state index contributed by atoms with van der Waals surface area (Å²) in [6, 6.07) is 12.2. The minimum absolute atomic E-state index is 0.187. The van der Waals surface area contributed by atoms with Crippen molar-refractivity contribution in [2.75, 3.05) is 11.5 Å². The van der Waals surface area contributed by atoms with E-state index in [2.05, 4.69) is 15.9 Å². The van der Waals surface area contributed by atoms with Gasteiger partial charge in [-0.3, -0.25) is 14.5 Å². The highest BCUT2D eigenvalue weighted by atomic mass is 79.9. The summed E-state index contributed by atoms with van der Waals surface area (Å²) in [5, 5.41) is 0.497. The second-order valence-corrected chi connectivity index (χ2v) is 8.38. The van der Waals surface area contributed by atoms with Gasteiger partial charge < -0.3 is 10.5 Å². The molecule has 2 amide bonds. The van der Waals surface area contributed by atoms with Crippen molar-refractivity contribution in [2.45, 2.75) is 0 Å². The molecule has 0 aliphatic carbocycles. The Morgan fingerprint density at radius 3 is 2.63 bits per heavy atom. The van der Waals surface area contributed by atoms with Gasteiger partial charge in [-0.2, -0.15) is 0 Å². The maximum atomic E-state index is 12.8. The van der Waals surface area contributed by atoms with Crippen molar-refractivity contribution in [2.24, 2.45) is 5.73 Å². The number of nitrogens with two attached hydrogens (primary N) is 1. The Morgan fingerprint density at radius 1 is 1.30 bits per heavy atom. The molecule has 1 aliphatic rings. The van der Waals surface area contributed by atoms with E-state index in [-0.39, 0.29) is 12.5 Å². The van der Waals surface area contributed by atoms with E-state index in [4.69, 9.17) is 34.3 Å². The molecule has 138 valence electrons. The summed E-state index contributed by atoms with van der Waals surface area (Å²) in [7, 11) is 0. The van der Waals surface area contributed by atoms with Crippen molar-refractivity contribution in [1.82, 2.24) is 0 Å². The Kier molecular flexibility index (Phi) is 6.21. The third-order valence-electron chi connectivity index (χ3n) is 3.51. The number of hydrogen-bond acceptors (Lipinski definition) is 5. The number of thiocarbonyl (C=S) groups is 1. The van der Waals surface area contributed by atoms with Crippen molar-refractivity contribution >= 4 is 79.4 Å². The van der Waals surface area contributed by atoms with E-state index >= 15 is 0 Å². The van der Waals surface area contributed by atoms with Crippen LogP contribution in [0, 0.1) is 0 Å². The summed E-state index contributed by atoms with van der Waals surface area (Å²) >= 11 is 16.0. The summed E-state index contributed by atoms with van der Waals surface area (Å²) in [5.74, 6) is -0.240. The Balaban J connectivity index is 1.79. The van der Waals surface area contributed by atoms with Crippen LogP contribution in [0.4, 0.5) is 5.69 Å². The first-order chi connectivity index (χ1) is 12.8. The van der Waals surface area contributed by atoms with Gasteiger partial charge in [-0.15, -0.1) is 0 Å². The third-order valence-corrected chi connectivity index (χ3v) is 6.05. The lowest BCUT2D eigenvalue weighted by molar-refractivity contribution is -0.120. The molecular weight excluding hydrogens is 472 g/mol. The number of halogens is 2. The molecule has 1 heterocycles. The first-order valence-electron chi connectivity index (χ1n) is 7.59. The van der Waals surface area contributed by atoms with Crippen molar-refractivity contribution in [3.05, 3.63) is 62.4 Å². The van der Waals surface area contributed by atoms with E-state index in [0.717, 1.165) is 10.0 Å². The normalized spacial score (nSPS) is 15.5. The lowest BCUT2D eigenvalue weighted by atomic mass is 10.2. The molecule has 27 heavy (non-hydrogen) atoms. The Labute approximate surface area is 178 Å². The van der Waals surface area contributed by atoms with E-state index in [9.17, 15) is 9.59 Å². The first kappa shape index (κ1) is 19.9.